The minimum atomic E-state index is -0.0739. The highest BCUT2D eigenvalue weighted by Crippen LogP contribution is 2.11. The average molecular weight is 343 g/mol. The summed E-state index contributed by atoms with van der Waals surface area (Å²) in [5.41, 5.74) is 2.73. The van der Waals surface area contributed by atoms with Crippen molar-refractivity contribution in [2.75, 3.05) is 32.7 Å². The second-order valence-corrected chi connectivity index (χ2v) is 7.15. The van der Waals surface area contributed by atoms with E-state index in [2.05, 4.69) is 36.5 Å². The van der Waals surface area contributed by atoms with E-state index in [1.165, 1.54) is 16.0 Å². The molecule has 5 nitrogen and oxygen atoms in total. The van der Waals surface area contributed by atoms with Crippen molar-refractivity contribution < 1.29 is 19.0 Å². The SMILES string of the molecule is Cc1cccc(C[NH+]2CC[NH+](CC(=O)N[C@@H](C)c3ccco3)CC2)c1. The summed E-state index contributed by atoms with van der Waals surface area (Å²) in [5.74, 6) is 0.900. The van der Waals surface area contributed by atoms with Gasteiger partial charge < -0.3 is 19.5 Å². The van der Waals surface area contributed by atoms with Gasteiger partial charge >= 0.3 is 0 Å². The monoisotopic (exact) mass is 343 g/mol. The molecule has 0 radical (unpaired) electrons. The van der Waals surface area contributed by atoms with Gasteiger partial charge in [-0.25, -0.2) is 0 Å². The van der Waals surface area contributed by atoms with Crippen molar-refractivity contribution in [2.45, 2.75) is 26.4 Å². The minimum absolute atomic E-state index is 0.0739. The molecule has 0 unspecified atom stereocenters. The Morgan fingerprint density at radius 2 is 1.92 bits per heavy atom. The molecule has 1 saturated heterocycles. The van der Waals surface area contributed by atoms with Gasteiger partial charge in [0, 0.05) is 5.56 Å². The number of aryl methyl sites for hydroxylation is 1. The number of hydrogen-bond acceptors (Lipinski definition) is 2. The topological polar surface area (TPSA) is 51.1 Å². The van der Waals surface area contributed by atoms with E-state index in [4.69, 9.17) is 4.42 Å². The predicted molar refractivity (Wildman–Crippen MR) is 96.4 cm³/mol. The van der Waals surface area contributed by atoms with Crippen molar-refractivity contribution >= 4 is 5.91 Å². The van der Waals surface area contributed by atoms with Gasteiger partial charge in [0.1, 0.15) is 38.5 Å². The van der Waals surface area contributed by atoms with Crippen molar-refractivity contribution in [2.24, 2.45) is 0 Å². The Morgan fingerprint density at radius 3 is 2.60 bits per heavy atom. The van der Waals surface area contributed by atoms with Gasteiger partial charge in [-0.15, -0.1) is 0 Å². The number of nitrogens with one attached hydrogen (secondary N) is 3. The van der Waals surface area contributed by atoms with Crippen LogP contribution >= 0.6 is 0 Å². The summed E-state index contributed by atoms with van der Waals surface area (Å²) in [6.45, 7) is 10.0. The first-order chi connectivity index (χ1) is 12.1. The maximum absolute atomic E-state index is 12.2. The van der Waals surface area contributed by atoms with Crippen LogP contribution in [0.5, 0.6) is 0 Å². The highest BCUT2D eigenvalue weighted by atomic mass is 16.3. The van der Waals surface area contributed by atoms with Crippen molar-refractivity contribution in [1.82, 2.24) is 5.32 Å². The fraction of sp³-hybridized carbons (Fsp3) is 0.450. The third-order valence-electron chi connectivity index (χ3n) is 4.96. The lowest BCUT2D eigenvalue weighted by Gasteiger charge is -2.29. The van der Waals surface area contributed by atoms with Gasteiger partial charge in [-0.2, -0.15) is 0 Å². The second kappa shape index (κ2) is 8.32. The van der Waals surface area contributed by atoms with Gasteiger partial charge in [0.25, 0.3) is 5.91 Å². The second-order valence-electron chi connectivity index (χ2n) is 7.15. The molecular formula is C20H29N3O2+2. The van der Waals surface area contributed by atoms with Crippen molar-refractivity contribution in [3.8, 4) is 0 Å². The summed E-state index contributed by atoms with van der Waals surface area (Å²) in [6.07, 6.45) is 1.64. The summed E-state index contributed by atoms with van der Waals surface area (Å²) in [5, 5.41) is 3.03. The molecule has 0 spiro atoms. The molecule has 3 N–H and O–H groups in total. The van der Waals surface area contributed by atoms with Gasteiger partial charge in [-0.1, -0.05) is 29.8 Å². The molecule has 0 aliphatic carbocycles. The van der Waals surface area contributed by atoms with E-state index in [1.807, 2.05) is 19.1 Å². The summed E-state index contributed by atoms with van der Waals surface area (Å²) in [7, 11) is 0. The van der Waals surface area contributed by atoms with Gasteiger partial charge in [0.2, 0.25) is 0 Å². The van der Waals surface area contributed by atoms with E-state index < -0.39 is 0 Å². The van der Waals surface area contributed by atoms with Crippen molar-refractivity contribution in [3.05, 3.63) is 59.5 Å². The van der Waals surface area contributed by atoms with Crippen LogP contribution in [0.4, 0.5) is 0 Å². The molecule has 1 atom stereocenters. The molecule has 0 bridgehead atoms. The lowest BCUT2D eigenvalue weighted by Crippen LogP contribution is -3.28. The lowest BCUT2D eigenvalue weighted by molar-refractivity contribution is -1.02. The fourth-order valence-electron chi connectivity index (χ4n) is 3.55. The van der Waals surface area contributed by atoms with Crippen molar-refractivity contribution in [3.63, 3.8) is 0 Å². The molecule has 2 aromatic rings. The van der Waals surface area contributed by atoms with E-state index in [0.29, 0.717) is 6.54 Å². The Kier molecular flexibility index (Phi) is 5.89. The summed E-state index contributed by atoms with van der Waals surface area (Å²) >= 11 is 0. The van der Waals surface area contributed by atoms with E-state index in [-0.39, 0.29) is 11.9 Å². The Hall–Kier alpha value is -2.11. The molecule has 1 aliphatic heterocycles. The van der Waals surface area contributed by atoms with E-state index in [9.17, 15) is 4.79 Å². The third kappa shape index (κ3) is 5.18. The van der Waals surface area contributed by atoms with Crippen LogP contribution in [0.2, 0.25) is 0 Å². The lowest BCUT2D eigenvalue weighted by atomic mass is 10.1. The normalized spacial score (nSPS) is 21.7. The van der Waals surface area contributed by atoms with Crippen LogP contribution in [0.3, 0.4) is 0 Å². The van der Waals surface area contributed by atoms with E-state index in [1.54, 1.807) is 11.2 Å². The fourth-order valence-corrected chi connectivity index (χ4v) is 3.55. The number of piperazine rings is 1. The molecule has 134 valence electrons. The van der Waals surface area contributed by atoms with Gasteiger partial charge in [-0.05, 0) is 26.0 Å². The molecule has 1 amide bonds. The number of amides is 1. The number of hydrogen-bond donors (Lipinski definition) is 3. The summed E-state index contributed by atoms with van der Waals surface area (Å²) < 4.78 is 5.34. The Morgan fingerprint density at radius 1 is 1.16 bits per heavy atom. The van der Waals surface area contributed by atoms with Crippen LogP contribution in [-0.4, -0.2) is 38.6 Å². The van der Waals surface area contributed by atoms with Crippen LogP contribution in [0.15, 0.2) is 47.1 Å². The zero-order chi connectivity index (χ0) is 17.6. The zero-order valence-electron chi connectivity index (χ0n) is 15.2. The third-order valence-corrected chi connectivity index (χ3v) is 4.96. The highest BCUT2D eigenvalue weighted by Gasteiger charge is 2.25. The van der Waals surface area contributed by atoms with Crippen LogP contribution in [-0.2, 0) is 11.3 Å². The van der Waals surface area contributed by atoms with Crippen LogP contribution < -0.4 is 15.1 Å². The van der Waals surface area contributed by atoms with E-state index in [0.717, 1.165) is 38.5 Å². The number of rotatable bonds is 6. The maximum atomic E-state index is 12.2. The zero-order valence-corrected chi connectivity index (χ0v) is 15.2. The minimum Gasteiger partial charge on any atom is -0.467 e. The summed E-state index contributed by atoms with van der Waals surface area (Å²) in [4.78, 5) is 15.2. The summed E-state index contributed by atoms with van der Waals surface area (Å²) in [6, 6.07) is 12.4. The number of carbonyl (C=O) groups excluding carboxylic acids is 1. The number of carbonyl (C=O) groups is 1. The maximum Gasteiger partial charge on any atom is 0.275 e. The first kappa shape index (κ1) is 17.7. The Bertz CT molecular complexity index is 676. The van der Waals surface area contributed by atoms with E-state index >= 15 is 0 Å². The molecule has 1 aromatic carbocycles. The van der Waals surface area contributed by atoms with Crippen LogP contribution in [0.25, 0.3) is 0 Å². The van der Waals surface area contributed by atoms with Gasteiger partial charge in [0.15, 0.2) is 6.54 Å². The van der Waals surface area contributed by atoms with Crippen molar-refractivity contribution in [1.29, 1.82) is 0 Å². The average Bonchev–Trinajstić information content (AvgIpc) is 3.11. The standard InChI is InChI=1S/C20H27N3O2/c1-16-5-3-6-18(13-16)14-22-8-10-23(11-9-22)15-20(24)21-17(2)19-7-4-12-25-19/h3-7,12-13,17H,8-11,14-15H2,1-2H3,(H,21,24)/p+2/t17-/m0/s1. The largest absolute Gasteiger partial charge is 0.467 e. The van der Waals surface area contributed by atoms with Gasteiger partial charge in [0.05, 0.1) is 12.3 Å². The number of furan rings is 1. The smallest absolute Gasteiger partial charge is 0.275 e. The molecular weight excluding hydrogens is 314 g/mol. The number of quaternary nitrogens is 2. The van der Waals surface area contributed by atoms with Crippen LogP contribution in [0, 0.1) is 6.92 Å². The van der Waals surface area contributed by atoms with Gasteiger partial charge in [-0.3, -0.25) is 4.79 Å². The molecule has 5 heteroatoms. The first-order valence-corrected chi connectivity index (χ1v) is 9.15. The molecule has 0 saturated carbocycles. The highest BCUT2D eigenvalue weighted by molar-refractivity contribution is 5.77. The Labute approximate surface area is 149 Å². The van der Waals surface area contributed by atoms with Crippen LogP contribution in [0.1, 0.15) is 29.9 Å². The first-order valence-electron chi connectivity index (χ1n) is 9.15. The molecule has 1 aliphatic rings. The molecule has 1 aromatic heterocycles. The Balaban J connectivity index is 1.41. The molecule has 3 rings (SSSR count). The number of benzene rings is 1. The quantitative estimate of drug-likeness (QED) is 0.677. The molecule has 2 heterocycles. The molecule has 1 fully saturated rings. The molecule has 25 heavy (non-hydrogen) atoms. The predicted octanol–water partition coefficient (Wildman–Crippen LogP) is -0.251.